The molecule has 0 bridgehead atoms. The molecule has 0 aliphatic carbocycles. The number of rotatable bonds is 6. The number of nitro groups is 1. The number of nitro benzene ring substituents is 1. The molecule has 2 aromatic carbocycles. The molecule has 0 aliphatic heterocycles. The van der Waals surface area contributed by atoms with Crippen molar-refractivity contribution in [2.75, 3.05) is 0 Å². The van der Waals surface area contributed by atoms with Crippen LogP contribution in [0.25, 0.3) is 0 Å². The van der Waals surface area contributed by atoms with E-state index < -0.39 is 23.1 Å². The quantitative estimate of drug-likeness (QED) is 0.351. The van der Waals surface area contributed by atoms with E-state index in [0.717, 1.165) is 11.6 Å². The van der Waals surface area contributed by atoms with E-state index in [9.17, 15) is 19.7 Å². The largest absolute Gasteiger partial charge is 0.455 e. The van der Waals surface area contributed by atoms with Crippen LogP contribution in [0.2, 0.25) is 5.02 Å². The fourth-order valence-corrected chi connectivity index (χ4v) is 2.07. The van der Waals surface area contributed by atoms with Gasteiger partial charge >= 0.3 is 5.97 Å². The Bertz CT molecular complexity index is 745. The second-order valence-electron chi connectivity index (χ2n) is 4.69. The number of halogens is 1. The van der Waals surface area contributed by atoms with Crippen molar-refractivity contribution in [1.29, 1.82) is 0 Å². The third kappa shape index (κ3) is 4.62. The van der Waals surface area contributed by atoms with Gasteiger partial charge in [0.25, 0.3) is 5.69 Å². The number of ketones is 1. The molecule has 0 aromatic heterocycles. The average molecular weight is 334 g/mol. The molecule has 6 nitrogen and oxygen atoms in total. The molecular weight excluding hydrogens is 322 g/mol. The first-order chi connectivity index (χ1) is 11.0. The minimum absolute atomic E-state index is 0.0336. The van der Waals surface area contributed by atoms with Crippen LogP contribution in [0.5, 0.6) is 0 Å². The van der Waals surface area contributed by atoms with Crippen LogP contribution in [0.4, 0.5) is 5.69 Å². The van der Waals surface area contributed by atoms with Gasteiger partial charge in [0.2, 0.25) is 5.78 Å². The lowest BCUT2D eigenvalue weighted by Crippen LogP contribution is -2.20. The molecule has 0 spiro atoms. The van der Waals surface area contributed by atoms with Gasteiger partial charge in [-0.3, -0.25) is 14.9 Å². The van der Waals surface area contributed by atoms with Crippen molar-refractivity contribution in [2.45, 2.75) is 13.0 Å². The zero-order chi connectivity index (χ0) is 16.8. The summed E-state index contributed by atoms with van der Waals surface area (Å²) in [7, 11) is 0. The predicted octanol–water partition coefficient (Wildman–Crippen LogP) is 3.10. The normalized spacial score (nSPS) is 10.1. The van der Waals surface area contributed by atoms with E-state index >= 15 is 0 Å². The zero-order valence-electron chi connectivity index (χ0n) is 11.9. The van der Waals surface area contributed by atoms with Crippen LogP contribution in [0, 0.1) is 10.1 Å². The molecule has 0 N–H and O–H groups in total. The van der Waals surface area contributed by atoms with Crippen LogP contribution < -0.4 is 0 Å². The maximum Gasteiger partial charge on any atom is 0.375 e. The predicted molar refractivity (Wildman–Crippen MR) is 83.1 cm³/mol. The smallest absolute Gasteiger partial charge is 0.375 e. The van der Waals surface area contributed by atoms with E-state index in [0.29, 0.717) is 0 Å². The maximum atomic E-state index is 11.9. The van der Waals surface area contributed by atoms with Gasteiger partial charge < -0.3 is 4.74 Å². The first-order valence-corrected chi connectivity index (χ1v) is 7.02. The molecule has 2 rings (SSSR count). The Morgan fingerprint density at radius 2 is 1.83 bits per heavy atom. The Morgan fingerprint density at radius 3 is 2.48 bits per heavy atom. The Morgan fingerprint density at radius 1 is 1.13 bits per heavy atom. The van der Waals surface area contributed by atoms with Crippen molar-refractivity contribution in [1.82, 2.24) is 0 Å². The van der Waals surface area contributed by atoms with Crippen molar-refractivity contribution in [3.8, 4) is 0 Å². The molecule has 0 amide bonds. The van der Waals surface area contributed by atoms with Gasteiger partial charge in [-0.15, -0.1) is 0 Å². The molecule has 7 heteroatoms. The monoisotopic (exact) mass is 333 g/mol. The van der Waals surface area contributed by atoms with Crippen molar-refractivity contribution in [2.24, 2.45) is 0 Å². The standard InChI is InChI=1S/C16H12ClNO5/c17-13-7-6-12(14(9-13)18(21)22)8-15(19)16(20)23-10-11-4-2-1-3-5-11/h1-7,9H,8,10H2. The number of carbonyl (C=O) groups is 2. The molecule has 0 heterocycles. The van der Waals surface area contributed by atoms with Gasteiger partial charge in [-0.2, -0.15) is 0 Å². The molecule has 118 valence electrons. The van der Waals surface area contributed by atoms with Crippen molar-refractivity contribution < 1.29 is 19.2 Å². The fourth-order valence-electron chi connectivity index (χ4n) is 1.91. The summed E-state index contributed by atoms with van der Waals surface area (Å²) in [4.78, 5) is 33.9. The minimum Gasteiger partial charge on any atom is -0.455 e. The third-order valence-corrected chi connectivity index (χ3v) is 3.27. The summed E-state index contributed by atoms with van der Waals surface area (Å²) in [5, 5.41) is 11.1. The van der Waals surface area contributed by atoms with Gasteiger partial charge in [0.15, 0.2) is 0 Å². The van der Waals surface area contributed by atoms with E-state index in [1.807, 2.05) is 6.07 Å². The van der Waals surface area contributed by atoms with Gasteiger partial charge in [-0.1, -0.05) is 48.0 Å². The topological polar surface area (TPSA) is 86.5 Å². The molecule has 0 radical (unpaired) electrons. The molecule has 0 aliphatic rings. The minimum atomic E-state index is -1.03. The molecule has 0 saturated carbocycles. The van der Waals surface area contributed by atoms with Crippen molar-refractivity contribution >= 4 is 29.0 Å². The van der Waals surface area contributed by atoms with E-state index in [2.05, 4.69) is 0 Å². The second kappa shape index (κ2) is 7.51. The zero-order valence-corrected chi connectivity index (χ0v) is 12.7. The van der Waals surface area contributed by atoms with E-state index in [1.54, 1.807) is 24.3 Å². The van der Waals surface area contributed by atoms with Crippen LogP contribution in [0.15, 0.2) is 48.5 Å². The summed E-state index contributed by atoms with van der Waals surface area (Å²) in [5.41, 5.74) is 0.550. The first kappa shape index (κ1) is 16.6. The van der Waals surface area contributed by atoms with Gasteiger partial charge in [0, 0.05) is 23.1 Å². The summed E-state index contributed by atoms with van der Waals surface area (Å²) in [6, 6.07) is 12.8. The first-order valence-electron chi connectivity index (χ1n) is 6.64. The Labute approximate surface area is 136 Å². The summed E-state index contributed by atoms with van der Waals surface area (Å²) in [5.74, 6) is -1.88. The third-order valence-electron chi connectivity index (χ3n) is 3.04. The average Bonchev–Trinajstić information content (AvgIpc) is 2.55. The summed E-state index contributed by atoms with van der Waals surface area (Å²) >= 11 is 5.70. The number of ether oxygens (including phenoxy) is 1. The number of benzene rings is 2. The highest BCUT2D eigenvalue weighted by Gasteiger charge is 2.22. The van der Waals surface area contributed by atoms with E-state index in [4.69, 9.17) is 16.3 Å². The van der Waals surface area contributed by atoms with Crippen molar-refractivity contribution in [3.63, 3.8) is 0 Å². The van der Waals surface area contributed by atoms with E-state index in [-0.39, 0.29) is 22.9 Å². The molecule has 0 saturated heterocycles. The highest BCUT2D eigenvalue weighted by atomic mass is 35.5. The van der Waals surface area contributed by atoms with Gasteiger partial charge in [-0.25, -0.2) is 4.79 Å². The van der Waals surface area contributed by atoms with E-state index in [1.165, 1.54) is 12.1 Å². The summed E-state index contributed by atoms with van der Waals surface area (Å²) < 4.78 is 4.90. The number of Topliss-reactive ketones (excluding diaryl/α,β-unsaturated/α-hetero) is 1. The molecule has 2 aromatic rings. The van der Waals surface area contributed by atoms with Crippen molar-refractivity contribution in [3.05, 3.63) is 74.8 Å². The van der Waals surface area contributed by atoms with Gasteiger partial charge in [0.05, 0.1) is 4.92 Å². The fraction of sp³-hybridized carbons (Fsp3) is 0.125. The highest BCUT2D eigenvalue weighted by molar-refractivity contribution is 6.34. The number of hydrogen-bond donors (Lipinski definition) is 0. The maximum absolute atomic E-state index is 11.9. The molecule has 23 heavy (non-hydrogen) atoms. The van der Waals surface area contributed by atoms with Crippen LogP contribution in [-0.2, 0) is 27.4 Å². The lowest BCUT2D eigenvalue weighted by Gasteiger charge is -2.05. The number of hydrogen-bond acceptors (Lipinski definition) is 5. The summed E-state index contributed by atoms with van der Waals surface area (Å²) in [6.07, 6.45) is -0.416. The number of carbonyl (C=O) groups excluding carboxylic acids is 2. The Hall–Kier alpha value is -2.73. The highest BCUT2D eigenvalue weighted by Crippen LogP contribution is 2.23. The SMILES string of the molecule is O=C(Cc1ccc(Cl)cc1[N+](=O)[O-])C(=O)OCc1ccccc1. The molecule has 0 fully saturated rings. The second-order valence-corrected chi connectivity index (χ2v) is 5.13. The Kier molecular flexibility index (Phi) is 5.43. The number of nitrogens with zero attached hydrogens (tertiary/aromatic N) is 1. The molecular formula is C16H12ClNO5. The lowest BCUT2D eigenvalue weighted by molar-refractivity contribution is -0.385. The van der Waals surface area contributed by atoms with Gasteiger partial charge in [0.1, 0.15) is 6.61 Å². The summed E-state index contributed by atoms with van der Waals surface area (Å²) in [6.45, 7) is -0.0336. The van der Waals surface area contributed by atoms with Gasteiger partial charge in [-0.05, 0) is 11.6 Å². The molecule has 0 unspecified atom stereocenters. The van der Waals surface area contributed by atoms with Crippen LogP contribution in [-0.4, -0.2) is 16.7 Å². The molecule has 0 atom stereocenters. The van der Waals surface area contributed by atoms with Crippen LogP contribution in [0.3, 0.4) is 0 Å². The number of esters is 1. The van der Waals surface area contributed by atoms with Crippen LogP contribution in [0.1, 0.15) is 11.1 Å². The lowest BCUT2D eigenvalue weighted by atomic mass is 10.1. The Balaban J connectivity index is 2.01. The van der Waals surface area contributed by atoms with Crippen LogP contribution >= 0.6 is 11.6 Å².